The summed E-state index contributed by atoms with van der Waals surface area (Å²) in [7, 11) is 6.34. The van der Waals surface area contributed by atoms with Crippen molar-refractivity contribution in [1.82, 2.24) is 20.1 Å². The van der Waals surface area contributed by atoms with Gasteiger partial charge in [-0.1, -0.05) is 25.7 Å². The van der Waals surface area contributed by atoms with Crippen LogP contribution in [0.5, 0.6) is 0 Å². The van der Waals surface area contributed by atoms with Crippen molar-refractivity contribution in [3.8, 4) is 0 Å². The zero-order valence-electron chi connectivity index (χ0n) is 13.1. The predicted octanol–water partition coefficient (Wildman–Crippen LogP) is 1.45. The average Bonchev–Trinajstić information content (AvgIpc) is 2.68. The zero-order valence-corrected chi connectivity index (χ0v) is 13.1. The van der Waals surface area contributed by atoms with E-state index in [1.165, 1.54) is 38.5 Å². The van der Waals surface area contributed by atoms with E-state index >= 15 is 0 Å². The summed E-state index contributed by atoms with van der Waals surface area (Å²) in [4.78, 5) is 2.38. The van der Waals surface area contributed by atoms with Gasteiger partial charge in [0, 0.05) is 31.2 Å². The van der Waals surface area contributed by atoms with Gasteiger partial charge in [0.05, 0.1) is 5.69 Å². The van der Waals surface area contributed by atoms with Crippen molar-refractivity contribution in [3.05, 3.63) is 18.0 Å². The number of aryl methyl sites for hydroxylation is 1. The van der Waals surface area contributed by atoms with Crippen molar-refractivity contribution < 1.29 is 0 Å². The average molecular weight is 279 g/mol. The standard InChI is InChI=1S/C15H29N5/c1-19(2)15(9-6-4-5-7-10-15)14(17-16)12-13-8-11-20(3)18-13/h8,11,14,17H,4-7,9-10,12,16H2,1-3H3. The van der Waals surface area contributed by atoms with Gasteiger partial charge in [-0.25, -0.2) is 0 Å². The lowest BCUT2D eigenvalue weighted by molar-refractivity contribution is 0.0797. The maximum atomic E-state index is 5.92. The van der Waals surface area contributed by atoms with Gasteiger partial charge >= 0.3 is 0 Å². The zero-order chi connectivity index (χ0) is 14.6. The van der Waals surface area contributed by atoms with Gasteiger partial charge in [0.1, 0.15) is 0 Å². The lowest BCUT2D eigenvalue weighted by atomic mass is 9.79. The molecule has 5 heteroatoms. The van der Waals surface area contributed by atoms with Gasteiger partial charge in [0.2, 0.25) is 0 Å². The lowest BCUT2D eigenvalue weighted by Crippen LogP contribution is -2.61. The molecule has 3 N–H and O–H groups in total. The summed E-state index contributed by atoms with van der Waals surface area (Å²) < 4.78 is 1.86. The molecule has 0 radical (unpaired) electrons. The lowest BCUT2D eigenvalue weighted by Gasteiger charge is -2.45. The Morgan fingerprint density at radius 2 is 2.00 bits per heavy atom. The van der Waals surface area contributed by atoms with Crippen LogP contribution in [-0.4, -0.2) is 40.4 Å². The summed E-state index contributed by atoms with van der Waals surface area (Å²) >= 11 is 0. The van der Waals surface area contributed by atoms with Gasteiger partial charge in [0.25, 0.3) is 0 Å². The van der Waals surface area contributed by atoms with Gasteiger partial charge in [-0.2, -0.15) is 5.10 Å². The molecule has 5 nitrogen and oxygen atoms in total. The van der Waals surface area contributed by atoms with Crippen molar-refractivity contribution in [3.63, 3.8) is 0 Å². The highest BCUT2D eigenvalue weighted by molar-refractivity contribution is 5.08. The molecule has 1 aromatic heterocycles. The molecule has 0 bridgehead atoms. The number of nitrogens with two attached hydrogens (primary N) is 1. The van der Waals surface area contributed by atoms with Crippen LogP contribution in [-0.2, 0) is 13.5 Å². The molecule has 1 fully saturated rings. The second kappa shape index (κ2) is 6.70. The van der Waals surface area contributed by atoms with Crippen LogP contribution in [0.3, 0.4) is 0 Å². The highest BCUT2D eigenvalue weighted by Crippen LogP contribution is 2.35. The number of hydrogen-bond donors (Lipinski definition) is 2. The Hall–Kier alpha value is -0.910. The summed E-state index contributed by atoms with van der Waals surface area (Å²) in [6, 6.07) is 2.33. The Labute approximate surface area is 122 Å². The molecule has 1 aromatic rings. The van der Waals surface area contributed by atoms with E-state index in [1.54, 1.807) is 0 Å². The van der Waals surface area contributed by atoms with E-state index in [4.69, 9.17) is 5.84 Å². The summed E-state index contributed by atoms with van der Waals surface area (Å²) in [5.41, 5.74) is 4.34. The largest absolute Gasteiger partial charge is 0.302 e. The molecule has 1 saturated carbocycles. The molecule has 0 amide bonds. The molecule has 1 unspecified atom stereocenters. The smallest absolute Gasteiger partial charge is 0.0641 e. The van der Waals surface area contributed by atoms with Gasteiger partial charge in [-0.3, -0.25) is 16.0 Å². The number of nitrogens with one attached hydrogen (secondary N) is 1. The number of nitrogens with zero attached hydrogens (tertiary/aromatic N) is 3. The summed E-state index contributed by atoms with van der Waals surface area (Å²) in [5, 5.41) is 4.51. The normalized spacial score (nSPS) is 20.9. The number of hydrogen-bond acceptors (Lipinski definition) is 4. The van der Waals surface area contributed by atoms with E-state index in [0.29, 0.717) is 0 Å². The van der Waals surface area contributed by atoms with Crippen LogP contribution in [0.15, 0.2) is 12.3 Å². The quantitative estimate of drug-likeness (QED) is 0.486. The van der Waals surface area contributed by atoms with Crippen molar-refractivity contribution in [2.75, 3.05) is 14.1 Å². The molecule has 1 aliphatic rings. The van der Waals surface area contributed by atoms with Crippen LogP contribution in [0.4, 0.5) is 0 Å². The van der Waals surface area contributed by atoms with Gasteiger partial charge in [0.15, 0.2) is 0 Å². The maximum Gasteiger partial charge on any atom is 0.0641 e. The first-order chi connectivity index (χ1) is 9.58. The molecule has 1 heterocycles. The summed E-state index contributed by atoms with van der Waals surface area (Å²) in [5.74, 6) is 5.92. The van der Waals surface area contributed by atoms with Gasteiger partial charge in [-0.05, 0) is 33.0 Å². The molecule has 0 aromatic carbocycles. The van der Waals surface area contributed by atoms with E-state index in [2.05, 4.69) is 35.6 Å². The van der Waals surface area contributed by atoms with Crippen molar-refractivity contribution >= 4 is 0 Å². The highest BCUT2D eigenvalue weighted by atomic mass is 15.3. The summed E-state index contributed by atoms with van der Waals surface area (Å²) in [6.45, 7) is 0. The fourth-order valence-corrected chi connectivity index (χ4v) is 3.63. The van der Waals surface area contributed by atoms with Crippen LogP contribution in [0.1, 0.15) is 44.2 Å². The van der Waals surface area contributed by atoms with Gasteiger partial charge < -0.3 is 4.90 Å². The predicted molar refractivity (Wildman–Crippen MR) is 82.1 cm³/mol. The fraction of sp³-hybridized carbons (Fsp3) is 0.800. The van der Waals surface area contributed by atoms with E-state index < -0.39 is 0 Å². The molecule has 0 aliphatic heterocycles. The Balaban J connectivity index is 2.19. The second-order valence-corrected chi connectivity index (χ2v) is 6.32. The van der Waals surface area contributed by atoms with E-state index in [0.717, 1.165) is 12.1 Å². The maximum absolute atomic E-state index is 5.92. The van der Waals surface area contributed by atoms with Crippen molar-refractivity contribution in [2.24, 2.45) is 12.9 Å². The number of likely N-dealkylation sites (N-methyl/N-ethyl adjacent to an activating group) is 1. The molecule has 114 valence electrons. The number of hydrazine groups is 1. The van der Waals surface area contributed by atoms with Crippen LogP contribution in [0.25, 0.3) is 0 Å². The molecule has 1 aliphatic carbocycles. The first-order valence-electron chi connectivity index (χ1n) is 7.70. The Morgan fingerprint density at radius 1 is 1.35 bits per heavy atom. The minimum absolute atomic E-state index is 0.142. The molecular weight excluding hydrogens is 250 g/mol. The minimum atomic E-state index is 0.142. The Morgan fingerprint density at radius 3 is 2.45 bits per heavy atom. The molecule has 2 rings (SSSR count). The molecular formula is C15H29N5. The third-order valence-electron chi connectivity index (χ3n) is 4.89. The third kappa shape index (κ3) is 3.22. The van der Waals surface area contributed by atoms with Crippen LogP contribution in [0.2, 0.25) is 0 Å². The minimum Gasteiger partial charge on any atom is -0.302 e. The Bertz CT molecular complexity index is 404. The third-order valence-corrected chi connectivity index (χ3v) is 4.89. The second-order valence-electron chi connectivity index (χ2n) is 6.32. The topological polar surface area (TPSA) is 59.1 Å². The number of aromatic nitrogens is 2. The first kappa shape index (κ1) is 15.5. The van der Waals surface area contributed by atoms with Crippen molar-refractivity contribution in [2.45, 2.75) is 56.5 Å². The SMILES string of the molecule is CN(C)C1(C(Cc2ccn(C)n2)NN)CCCCCC1. The van der Waals surface area contributed by atoms with Crippen LogP contribution in [0, 0.1) is 0 Å². The fourth-order valence-electron chi connectivity index (χ4n) is 3.63. The van der Waals surface area contributed by atoms with E-state index in [-0.39, 0.29) is 11.6 Å². The highest BCUT2D eigenvalue weighted by Gasteiger charge is 2.40. The van der Waals surface area contributed by atoms with E-state index in [1.807, 2.05) is 17.9 Å². The summed E-state index contributed by atoms with van der Waals surface area (Å²) in [6.07, 6.45) is 10.6. The Kier molecular flexibility index (Phi) is 5.18. The molecule has 20 heavy (non-hydrogen) atoms. The first-order valence-corrected chi connectivity index (χ1v) is 7.70. The van der Waals surface area contributed by atoms with Crippen molar-refractivity contribution in [1.29, 1.82) is 0 Å². The number of rotatable bonds is 5. The van der Waals surface area contributed by atoms with Crippen LogP contribution >= 0.6 is 0 Å². The van der Waals surface area contributed by atoms with Crippen LogP contribution < -0.4 is 11.3 Å². The van der Waals surface area contributed by atoms with E-state index in [9.17, 15) is 0 Å². The monoisotopic (exact) mass is 279 g/mol. The van der Waals surface area contributed by atoms with Gasteiger partial charge in [-0.15, -0.1) is 0 Å². The molecule has 0 saturated heterocycles. The molecule has 1 atom stereocenters. The molecule has 0 spiro atoms.